The molecule has 1 fully saturated rings. The number of likely N-dealkylation sites (tertiary alicyclic amines) is 1. The van der Waals surface area contributed by atoms with Crippen molar-refractivity contribution < 1.29 is 22.8 Å². The third-order valence-electron chi connectivity index (χ3n) is 6.65. The highest BCUT2D eigenvalue weighted by atomic mass is 35.5. The number of benzene rings is 1. The summed E-state index contributed by atoms with van der Waals surface area (Å²) in [5.74, 6) is -1.36. The molecule has 0 spiro atoms. The standard InChI is InChI=1S/C29H30ClN5O5S/c30-22-10-7-21(8-11-22)9-12-26(36)34-25(19-23-5-1-3-15-31-23)29(38)33-20-28(37)35-17-13-24(14-18-35)41(39,40)27-6-2-4-16-32-27/h1-12,15-16,24-25H,13-14,17-20H2,(H,33,38)(H,34,36)/b12-9+/t25-/m0/s1. The average molecular weight is 596 g/mol. The van der Waals surface area contributed by atoms with E-state index < -0.39 is 32.9 Å². The SMILES string of the molecule is O=C(/C=C/c1ccc(Cl)cc1)N[C@@H](Cc1ccccn1)C(=O)NCC(=O)N1CCC(S(=O)(=O)c2ccccn2)CC1. The van der Waals surface area contributed by atoms with Crippen LogP contribution >= 0.6 is 11.6 Å². The summed E-state index contributed by atoms with van der Waals surface area (Å²) in [6.07, 6.45) is 6.62. The molecule has 2 N–H and O–H groups in total. The topological polar surface area (TPSA) is 138 Å². The zero-order valence-corrected chi connectivity index (χ0v) is 23.7. The third kappa shape index (κ3) is 8.45. The van der Waals surface area contributed by atoms with Crippen LogP contribution in [0.3, 0.4) is 0 Å². The Hall–Kier alpha value is -4.09. The number of piperidine rings is 1. The highest BCUT2D eigenvalue weighted by Crippen LogP contribution is 2.23. The summed E-state index contributed by atoms with van der Waals surface area (Å²) in [5, 5.41) is 5.28. The summed E-state index contributed by atoms with van der Waals surface area (Å²) in [6.45, 7) is 0.204. The van der Waals surface area contributed by atoms with Crippen LogP contribution in [-0.4, -0.2) is 71.9 Å². The van der Waals surface area contributed by atoms with Crippen molar-refractivity contribution in [3.05, 3.63) is 95.4 Å². The third-order valence-corrected chi connectivity index (χ3v) is 9.07. The number of nitrogens with zero attached hydrogens (tertiary/aromatic N) is 3. The second-order valence-electron chi connectivity index (χ2n) is 9.48. The predicted octanol–water partition coefficient (Wildman–Crippen LogP) is 2.45. The number of hydrogen-bond donors (Lipinski definition) is 2. The van der Waals surface area contributed by atoms with Gasteiger partial charge >= 0.3 is 0 Å². The van der Waals surface area contributed by atoms with Crippen LogP contribution in [0.5, 0.6) is 0 Å². The van der Waals surface area contributed by atoms with Crippen LogP contribution in [0, 0.1) is 0 Å². The Morgan fingerprint density at radius 2 is 1.66 bits per heavy atom. The molecular formula is C29H30ClN5O5S. The predicted molar refractivity (Wildman–Crippen MR) is 154 cm³/mol. The van der Waals surface area contributed by atoms with E-state index in [0.29, 0.717) is 10.7 Å². The molecule has 1 atom stereocenters. The Kier molecular flexibility index (Phi) is 10.2. The molecule has 214 valence electrons. The zero-order chi connectivity index (χ0) is 29.2. The minimum Gasteiger partial charge on any atom is -0.345 e. The largest absolute Gasteiger partial charge is 0.345 e. The minimum absolute atomic E-state index is 0.0287. The van der Waals surface area contributed by atoms with Gasteiger partial charge in [0.15, 0.2) is 14.9 Å². The smallest absolute Gasteiger partial charge is 0.244 e. The van der Waals surface area contributed by atoms with Gasteiger partial charge in [0.1, 0.15) is 6.04 Å². The lowest BCUT2D eigenvalue weighted by Gasteiger charge is -2.31. The summed E-state index contributed by atoms with van der Waals surface area (Å²) >= 11 is 5.90. The Bertz CT molecular complexity index is 1480. The summed E-state index contributed by atoms with van der Waals surface area (Å²) in [4.78, 5) is 48.3. The van der Waals surface area contributed by atoms with Gasteiger partial charge in [0, 0.05) is 48.7 Å². The number of halogens is 1. The molecule has 1 aromatic carbocycles. The first-order valence-corrected chi connectivity index (χ1v) is 15.0. The molecule has 0 unspecified atom stereocenters. The monoisotopic (exact) mass is 595 g/mol. The summed E-state index contributed by atoms with van der Waals surface area (Å²) in [7, 11) is -3.59. The number of sulfone groups is 1. The average Bonchev–Trinajstić information content (AvgIpc) is 3.00. The number of rotatable bonds is 10. The van der Waals surface area contributed by atoms with Crippen molar-refractivity contribution in [1.82, 2.24) is 25.5 Å². The Balaban J connectivity index is 1.32. The van der Waals surface area contributed by atoms with E-state index in [1.54, 1.807) is 66.9 Å². The quantitative estimate of drug-likeness (QED) is 0.343. The number of carbonyl (C=O) groups excluding carboxylic acids is 3. The van der Waals surface area contributed by atoms with E-state index in [0.717, 1.165) is 5.56 Å². The second-order valence-corrected chi connectivity index (χ2v) is 12.1. The van der Waals surface area contributed by atoms with E-state index in [9.17, 15) is 22.8 Å². The van der Waals surface area contributed by atoms with Gasteiger partial charge in [0.25, 0.3) is 0 Å². The van der Waals surface area contributed by atoms with E-state index >= 15 is 0 Å². The molecule has 12 heteroatoms. The van der Waals surface area contributed by atoms with Gasteiger partial charge in [-0.2, -0.15) is 0 Å². The fourth-order valence-electron chi connectivity index (χ4n) is 4.40. The van der Waals surface area contributed by atoms with Crippen molar-refractivity contribution in [2.75, 3.05) is 19.6 Å². The molecule has 0 radical (unpaired) electrons. The normalized spacial score (nSPS) is 14.9. The molecule has 2 aromatic heterocycles. The fourth-order valence-corrected chi connectivity index (χ4v) is 6.18. The van der Waals surface area contributed by atoms with E-state index in [4.69, 9.17) is 11.6 Å². The minimum atomic E-state index is -3.59. The number of pyridine rings is 2. The maximum Gasteiger partial charge on any atom is 0.244 e. The molecule has 0 bridgehead atoms. The molecule has 41 heavy (non-hydrogen) atoms. The summed E-state index contributed by atoms with van der Waals surface area (Å²) in [6, 6.07) is 16.0. The molecule has 0 aliphatic carbocycles. The Morgan fingerprint density at radius 3 is 2.29 bits per heavy atom. The fraction of sp³-hybridized carbons (Fsp3) is 0.276. The van der Waals surface area contributed by atoms with Gasteiger partial charge in [-0.1, -0.05) is 35.9 Å². The van der Waals surface area contributed by atoms with Gasteiger partial charge in [-0.3, -0.25) is 19.4 Å². The molecule has 0 saturated carbocycles. The maximum atomic E-state index is 13.1. The van der Waals surface area contributed by atoms with Gasteiger partial charge in [0.05, 0.1) is 11.8 Å². The number of amides is 3. The van der Waals surface area contributed by atoms with Crippen molar-refractivity contribution in [2.24, 2.45) is 0 Å². The number of carbonyl (C=O) groups is 3. The van der Waals surface area contributed by atoms with E-state index in [-0.39, 0.29) is 49.8 Å². The van der Waals surface area contributed by atoms with E-state index in [2.05, 4.69) is 20.6 Å². The van der Waals surface area contributed by atoms with Crippen LogP contribution in [0.4, 0.5) is 0 Å². The Labute approximate surface area is 243 Å². The highest BCUT2D eigenvalue weighted by molar-refractivity contribution is 7.92. The Morgan fingerprint density at radius 1 is 0.976 bits per heavy atom. The van der Waals surface area contributed by atoms with Crippen molar-refractivity contribution in [2.45, 2.75) is 35.6 Å². The van der Waals surface area contributed by atoms with Crippen molar-refractivity contribution in [3.63, 3.8) is 0 Å². The molecule has 1 aliphatic heterocycles. The number of nitrogens with one attached hydrogen (secondary N) is 2. The molecule has 1 saturated heterocycles. The van der Waals surface area contributed by atoms with Gasteiger partial charge < -0.3 is 15.5 Å². The van der Waals surface area contributed by atoms with Crippen LogP contribution in [0.2, 0.25) is 5.02 Å². The van der Waals surface area contributed by atoms with Crippen LogP contribution in [0.25, 0.3) is 6.08 Å². The van der Waals surface area contributed by atoms with Crippen molar-refractivity contribution in [3.8, 4) is 0 Å². The molecule has 10 nitrogen and oxygen atoms in total. The molecule has 3 heterocycles. The van der Waals surface area contributed by atoms with Gasteiger partial charge in [0.2, 0.25) is 17.7 Å². The van der Waals surface area contributed by atoms with Gasteiger partial charge in [-0.15, -0.1) is 0 Å². The lowest BCUT2D eigenvalue weighted by atomic mass is 10.1. The van der Waals surface area contributed by atoms with Crippen molar-refractivity contribution >= 4 is 45.2 Å². The van der Waals surface area contributed by atoms with Crippen LogP contribution in [0.15, 0.2) is 84.2 Å². The van der Waals surface area contributed by atoms with Gasteiger partial charge in [-0.25, -0.2) is 13.4 Å². The molecule has 1 aliphatic rings. The second kappa shape index (κ2) is 14.0. The number of hydrogen-bond acceptors (Lipinski definition) is 7. The highest BCUT2D eigenvalue weighted by Gasteiger charge is 2.33. The zero-order valence-electron chi connectivity index (χ0n) is 22.1. The maximum absolute atomic E-state index is 13.1. The first kappa shape index (κ1) is 29.9. The summed E-state index contributed by atoms with van der Waals surface area (Å²) in [5.41, 5.74) is 1.36. The van der Waals surface area contributed by atoms with Crippen LogP contribution < -0.4 is 10.6 Å². The van der Waals surface area contributed by atoms with E-state index in [1.165, 1.54) is 23.2 Å². The first-order valence-electron chi connectivity index (χ1n) is 13.1. The molecule has 4 rings (SSSR count). The van der Waals surface area contributed by atoms with Crippen molar-refractivity contribution in [1.29, 1.82) is 0 Å². The molecule has 3 aromatic rings. The van der Waals surface area contributed by atoms with Gasteiger partial charge in [-0.05, 0) is 60.9 Å². The molecule has 3 amide bonds. The first-order chi connectivity index (χ1) is 19.7. The van der Waals surface area contributed by atoms with Crippen LogP contribution in [0.1, 0.15) is 24.1 Å². The lowest BCUT2D eigenvalue weighted by molar-refractivity contribution is -0.134. The number of aromatic nitrogens is 2. The van der Waals surface area contributed by atoms with E-state index in [1.807, 2.05) is 0 Å². The van der Waals surface area contributed by atoms with Crippen LogP contribution in [-0.2, 0) is 30.6 Å². The lowest BCUT2D eigenvalue weighted by Crippen LogP contribution is -2.51. The summed E-state index contributed by atoms with van der Waals surface area (Å²) < 4.78 is 25.7. The molecular weight excluding hydrogens is 566 g/mol.